The van der Waals surface area contributed by atoms with E-state index in [0.29, 0.717) is 16.5 Å². The van der Waals surface area contributed by atoms with Crippen LogP contribution in [0.3, 0.4) is 0 Å². The molecule has 2 aromatic carbocycles. The molecule has 2 rings (SSSR count). The number of nitrogens with one attached hydrogen (secondary N) is 1. The molecule has 2 amide bonds. The van der Waals surface area contributed by atoms with Crippen LogP contribution in [0, 0.1) is 6.92 Å². The summed E-state index contributed by atoms with van der Waals surface area (Å²) in [5, 5.41) is 3.81. The fourth-order valence-electron chi connectivity index (χ4n) is 3.00. The normalized spacial score (nSPS) is 12.0. The number of hydrogen-bond acceptors (Lipinski definition) is 3. The minimum atomic E-state index is -0.562. The van der Waals surface area contributed by atoms with Gasteiger partial charge in [0, 0.05) is 17.5 Å². The van der Waals surface area contributed by atoms with Crippen LogP contribution in [-0.2, 0) is 16.1 Å². The number of carbonyl (C=O) groups is 2. The molecule has 0 bridgehead atoms. The number of nitrogens with zero attached hydrogens (tertiary/aromatic N) is 1. The van der Waals surface area contributed by atoms with E-state index in [-0.39, 0.29) is 30.2 Å². The van der Waals surface area contributed by atoms with E-state index in [1.165, 1.54) is 17.3 Å². The van der Waals surface area contributed by atoms with Crippen molar-refractivity contribution in [1.82, 2.24) is 10.2 Å². The van der Waals surface area contributed by atoms with Crippen molar-refractivity contribution in [2.75, 3.05) is 5.75 Å². The highest BCUT2D eigenvalue weighted by molar-refractivity contribution is 8.00. The van der Waals surface area contributed by atoms with Crippen LogP contribution in [0.2, 0.25) is 10.0 Å². The van der Waals surface area contributed by atoms with Crippen molar-refractivity contribution >= 4 is 46.8 Å². The van der Waals surface area contributed by atoms with Crippen LogP contribution in [0.15, 0.2) is 47.4 Å². The zero-order chi connectivity index (χ0) is 22.3. The highest BCUT2D eigenvalue weighted by Gasteiger charge is 2.29. The van der Waals surface area contributed by atoms with Gasteiger partial charge in [-0.25, -0.2) is 0 Å². The average Bonchev–Trinajstić information content (AvgIpc) is 2.69. The molecule has 0 aromatic heterocycles. The molecule has 4 nitrogen and oxygen atoms in total. The van der Waals surface area contributed by atoms with Crippen LogP contribution < -0.4 is 5.32 Å². The van der Waals surface area contributed by atoms with Gasteiger partial charge in [0.05, 0.1) is 15.8 Å². The van der Waals surface area contributed by atoms with Crippen LogP contribution in [0.1, 0.15) is 38.3 Å². The molecule has 0 heterocycles. The smallest absolute Gasteiger partial charge is 0.243 e. The molecule has 0 aliphatic heterocycles. The molecule has 30 heavy (non-hydrogen) atoms. The Kier molecular flexibility index (Phi) is 9.53. The second kappa shape index (κ2) is 11.6. The maximum atomic E-state index is 13.2. The zero-order valence-electron chi connectivity index (χ0n) is 17.7. The Morgan fingerprint density at radius 2 is 1.73 bits per heavy atom. The molecule has 0 saturated heterocycles. The van der Waals surface area contributed by atoms with Gasteiger partial charge in [-0.15, -0.1) is 11.8 Å². The summed E-state index contributed by atoms with van der Waals surface area (Å²) in [6, 6.07) is 12.7. The number of hydrogen-bond donors (Lipinski definition) is 1. The first kappa shape index (κ1) is 24.6. The summed E-state index contributed by atoms with van der Waals surface area (Å²) < 4.78 is 0. The van der Waals surface area contributed by atoms with Crippen LogP contribution in [0.25, 0.3) is 0 Å². The fraction of sp³-hybridized carbons (Fsp3) is 0.391. The maximum absolute atomic E-state index is 13.2. The van der Waals surface area contributed by atoms with Crippen LogP contribution in [0.4, 0.5) is 0 Å². The second-order valence-corrected chi connectivity index (χ2v) is 9.32. The first-order chi connectivity index (χ1) is 14.2. The summed E-state index contributed by atoms with van der Waals surface area (Å²) in [5.41, 5.74) is 2.00. The van der Waals surface area contributed by atoms with Gasteiger partial charge in [-0.05, 0) is 57.0 Å². The lowest BCUT2D eigenvalue weighted by atomic mass is 10.1. The molecular formula is C23H28Cl2N2O2S. The molecular weight excluding hydrogens is 439 g/mol. The zero-order valence-corrected chi connectivity index (χ0v) is 20.1. The minimum Gasteiger partial charge on any atom is -0.352 e. The Hall–Kier alpha value is -1.69. The third-order valence-electron chi connectivity index (χ3n) is 4.54. The van der Waals surface area contributed by atoms with E-state index in [1.807, 2.05) is 58.0 Å². The van der Waals surface area contributed by atoms with E-state index in [1.54, 1.807) is 17.0 Å². The molecule has 0 unspecified atom stereocenters. The Morgan fingerprint density at radius 3 is 2.30 bits per heavy atom. The van der Waals surface area contributed by atoms with Crippen LogP contribution in [0.5, 0.6) is 0 Å². The van der Waals surface area contributed by atoms with Gasteiger partial charge in [-0.2, -0.15) is 0 Å². The Morgan fingerprint density at radius 1 is 1.07 bits per heavy atom. The third kappa shape index (κ3) is 7.22. The van der Waals surface area contributed by atoms with E-state index in [4.69, 9.17) is 23.2 Å². The van der Waals surface area contributed by atoms with Crippen LogP contribution >= 0.6 is 35.0 Å². The highest BCUT2D eigenvalue weighted by Crippen LogP contribution is 2.25. The van der Waals surface area contributed by atoms with E-state index in [9.17, 15) is 9.59 Å². The minimum absolute atomic E-state index is 0.00425. The third-order valence-corrected chi connectivity index (χ3v) is 6.27. The number of carbonyl (C=O) groups excluding carboxylic acids is 2. The number of rotatable bonds is 9. The van der Waals surface area contributed by atoms with Crippen molar-refractivity contribution in [2.45, 2.75) is 57.6 Å². The van der Waals surface area contributed by atoms with Gasteiger partial charge >= 0.3 is 0 Å². The molecule has 162 valence electrons. The van der Waals surface area contributed by atoms with E-state index in [2.05, 4.69) is 5.32 Å². The summed E-state index contributed by atoms with van der Waals surface area (Å²) in [4.78, 5) is 28.6. The largest absolute Gasteiger partial charge is 0.352 e. The van der Waals surface area contributed by atoms with Crippen molar-refractivity contribution in [1.29, 1.82) is 0 Å². The quantitative estimate of drug-likeness (QED) is 0.480. The number of amides is 2. The molecule has 7 heteroatoms. The first-order valence-electron chi connectivity index (χ1n) is 9.94. The molecule has 2 aromatic rings. The van der Waals surface area contributed by atoms with Gasteiger partial charge in [-0.1, -0.05) is 53.9 Å². The van der Waals surface area contributed by atoms with Gasteiger partial charge in [-0.3, -0.25) is 9.59 Å². The van der Waals surface area contributed by atoms with E-state index < -0.39 is 6.04 Å². The van der Waals surface area contributed by atoms with Crippen molar-refractivity contribution in [2.24, 2.45) is 0 Å². The predicted octanol–water partition coefficient (Wildman–Crippen LogP) is 5.73. The summed E-state index contributed by atoms with van der Waals surface area (Å²) in [5.74, 6) is -0.00538. The van der Waals surface area contributed by atoms with E-state index in [0.717, 1.165) is 10.5 Å². The molecule has 0 fully saturated rings. The molecule has 0 aliphatic rings. The van der Waals surface area contributed by atoms with Gasteiger partial charge in [0.15, 0.2) is 0 Å². The van der Waals surface area contributed by atoms with Gasteiger partial charge in [0.2, 0.25) is 11.8 Å². The number of benzene rings is 2. The molecule has 1 atom stereocenters. The number of thioether (sulfide) groups is 1. The lowest BCUT2D eigenvalue weighted by Gasteiger charge is -2.31. The monoisotopic (exact) mass is 466 g/mol. The van der Waals surface area contributed by atoms with Crippen molar-refractivity contribution < 1.29 is 9.59 Å². The molecule has 0 radical (unpaired) electrons. The molecule has 0 saturated carbocycles. The van der Waals surface area contributed by atoms with Crippen molar-refractivity contribution in [3.8, 4) is 0 Å². The summed E-state index contributed by atoms with van der Waals surface area (Å²) in [6.07, 6.45) is 0.515. The van der Waals surface area contributed by atoms with Gasteiger partial charge in [0.1, 0.15) is 6.04 Å². The van der Waals surface area contributed by atoms with Gasteiger partial charge in [0.25, 0.3) is 0 Å². The molecule has 1 N–H and O–H groups in total. The Bertz CT molecular complexity index is 872. The van der Waals surface area contributed by atoms with Crippen molar-refractivity contribution in [3.05, 3.63) is 63.6 Å². The highest BCUT2D eigenvalue weighted by atomic mass is 35.5. The maximum Gasteiger partial charge on any atom is 0.243 e. The molecule has 0 spiro atoms. The van der Waals surface area contributed by atoms with Crippen molar-refractivity contribution in [3.63, 3.8) is 0 Å². The Balaban J connectivity index is 2.23. The fourth-order valence-corrected chi connectivity index (χ4v) is 4.10. The number of halogens is 2. The van der Waals surface area contributed by atoms with E-state index >= 15 is 0 Å². The lowest BCUT2D eigenvalue weighted by molar-refractivity contribution is -0.139. The standard InChI is InChI=1S/C23H28Cl2N2O2S/c1-5-21(23(29)26-15(2)3)27(13-17-8-11-19(24)20(25)12-17)22(28)14-30-18-9-6-16(4)7-10-18/h6-12,15,21H,5,13-14H2,1-4H3,(H,26,29)/t21-/m0/s1. The predicted molar refractivity (Wildman–Crippen MR) is 126 cm³/mol. The average molecular weight is 467 g/mol. The van der Waals surface area contributed by atoms with Gasteiger partial charge < -0.3 is 10.2 Å². The SMILES string of the molecule is CC[C@@H](C(=O)NC(C)C)N(Cc1ccc(Cl)c(Cl)c1)C(=O)CSc1ccc(C)cc1. The summed E-state index contributed by atoms with van der Waals surface area (Å²) in [7, 11) is 0. The second-order valence-electron chi connectivity index (χ2n) is 7.46. The Labute approximate surface area is 193 Å². The molecule has 0 aliphatic carbocycles. The lowest BCUT2D eigenvalue weighted by Crippen LogP contribution is -2.50. The topological polar surface area (TPSA) is 49.4 Å². The number of aryl methyl sites for hydroxylation is 1. The summed E-state index contributed by atoms with van der Waals surface area (Å²) >= 11 is 13.6. The summed E-state index contributed by atoms with van der Waals surface area (Å²) in [6.45, 7) is 8.03. The first-order valence-corrected chi connectivity index (χ1v) is 11.7. The van der Waals surface area contributed by atoms with Crippen LogP contribution in [-0.4, -0.2) is 34.6 Å².